The minimum Gasteiger partial charge on any atom is -0.484 e. The Morgan fingerprint density at radius 3 is 2.54 bits per heavy atom. The molecule has 0 saturated carbocycles. The van der Waals surface area contributed by atoms with Crippen LogP contribution in [0.25, 0.3) is 0 Å². The molecule has 2 aromatic rings. The second kappa shape index (κ2) is 10.4. The van der Waals surface area contributed by atoms with Crippen molar-refractivity contribution < 1.29 is 29.2 Å². The van der Waals surface area contributed by atoms with E-state index in [4.69, 9.17) is 9.47 Å². The maximum Gasteiger partial charge on any atom is 0.489 e. The molecule has 2 rings (SSSR count). The second-order valence-corrected chi connectivity index (χ2v) is 6.11. The predicted molar refractivity (Wildman–Crippen MR) is 104 cm³/mol. The van der Waals surface area contributed by atoms with Crippen molar-refractivity contribution in [3.8, 4) is 5.75 Å². The topological polar surface area (TPSA) is 119 Å². The van der Waals surface area contributed by atoms with Crippen molar-refractivity contribution >= 4 is 24.2 Å². The average Bonchev–Trinajstić information content (AvgIpc) is 2.70. The Labute approximate surface area is 163 Å². The van der Waals surface area contributed by atoms with Gasteiger partial charge in [0.15, 0.2) is 5.75 Å². The van der Waals surface area contributed by atoms with Crippen molar-refractivity contribution in [2.75, 3.05) is 6.61 Å². The molecule has 0 radical (unpaired) electrons. The standard InChI is InChI=1S/C19H22BNO7/c1-2-14(28-18-12-6-5-11-17(18)21(25)26)8-7-13-27-19(22)15-9-3-4-10-16(15)20(23)24/h3-6,9-12,14,23-24H,2,7-8,13H2,1H3. The number of hydrogen-bond donors (Lipinski definition) is 2. The maximum absolute atomic E-state index is 12.1. The third-order valence-corrected chi connectivity index (χ3v) is 4.17. The lowest BCUT2D eigenvalue weighted by Gasteiger charge is -2.17. The molecule has 1 atom stereocenters. The third kappa shape index (κ3) is 5.80. The van der Waals surface area contributed by atoms with Crippen LogP contribution in [-0.4, -0.2) is 40.8 Å². The van der Waals surface area contributed by atoms with Gasteiger partial charge in [0.2, 0.25) is 0 Å². The summed E-state index contributed by atoms with van der Waals surface area (Å²) in [5.74, 6) is -0.432. The van der Waals surface area contributed by atoms with Crippen LogP contribution < -0.4 is 10.2 Å². The van der Waals surface area contributed by atoms with Crippen molar-refractivity contribution in [1.82, 2.24) is 0 Å². The fraction of sp³-hybridized carbons (Fsp3) is 0.316. The van der Waals surface area contributed by atoms with Gasteiger partial charge in [-0.2, -0.15) is 0 Å². The van der Waals surface area contributed by atoms with E-state index in [-0.39, 0.29) is 35.2 Å². The van der Waals surface area contributed by atoms with Gasteiger partial charge < -0.3 is 19.5 Å². The number of carbonyl (C=O) groups excluding carboxylic acids is 1. The molecule has 0 aliphatic carbocycles. The molecule has 0 aliphatic heterocycles. The predicted octanol–water partition coefficient (Wildman–Crippen LogP) is 2.07. The lowest BCUT2D eigenvalue weighted by molar-refractivity contribution is -0.386. The molecule has 0 aromatic heterocycles. The zero-order valence-corrected chi connectivity index (χ0v) is 15.5. The Morgan fingerprint density at radius 1 is 1.18 bits per heavy atom. The molecular weight excluding hydrogens is 365 g/mol. The quantitative estimate of drug-likeness (QED) is 0.211. The number of rotatable bonds is 10. The lowest BCUT2D eigenvalue weighted by atomic mass is 9.77. The van der Waals surface area contributed by atoms with Crippen LogP contribution >= 0.6 is 0 Å². The molecule has 0 spiro atoms. The van der Waals surface area contributed by atoms with Crippen molar-refractivity contribution in [2.45, 2.75) is 32.3 Å². The van der Waals surface area contributed by atoms with Gasteiger partial charge in [-0.1, -0.05) is 37.3 Å². The molecule has 0 saturated heterocycles. The van der Waals surface area contributed by atoms with Crippen LogP contribution in [0.2, 0.25) is 0 Å². The van der Waals surface area contributed by atoms with Gasteiger partial charge in [-0.15, -0.1) is 0 Å². The van der Waals surface area contributed by atoms with E-state index in [0.717, 1.165) is 0 Å². The number of carbonyl (C=O) groups is 1. The molecule has 0 aliphatic rings. The highest BCUT2D eigenvalue weighted by Crippen LogP contribution is 2.28. The lowest BCUT2D eigenvalue weighted by Crippen LogP contribution is -2.35. The summed E-state index contributed by atoms with van der Waals surface area (Å²) in [6, 6.07) is 12.3. The summed E-state index contributed by atoms with van der Waals surface area (Å²) in [4.78, 5) is 22.7. The van der Waals surface area contributed by atoms with E-state index < -0.39 is 18.0 Å². The van der Waals surface area contributed by atoms with Crippen molar-refractivity contribution in [3.05, 3.63) is 64.2 Å². The zero-order valence-electron chi connectivity index (χ0n) is 15.5. The number of hydrogen-bond acceptors (Lipinski definition) is 7. The Morgan fingerprint density at radius 2 is 1.86 bits per heavy atom. The first kappa shape index (κ1) is 21.4. The van der Waals surface area contributed by atoms with Crippen LogP contribution in [0.1, 0.15) is 36.5 Å². The second-order valence-electron chi connectivity index (χ2n) is 6.11. The van der Waals surface area contributed by atoms with E-state index in [1.165, 1.54) is 18.2 Å². The first-order chi connectivity index (χ1) is 13.4. The van der Waals surface area contributed by atoms with Crippen LogP contribution in [0, 0.1) is 10.1 Å². The van der Waals surface area contributed by atoms with Gasteiger partial charge in [0.05, 0.1) is 23.2 Å². The summed E-state index contributed by atoms with van der Waals surface area (Å²) in [6.07, 6.45) is 1.42. The Bertz CT molecular complexity index is 812. The van der Waals surface area contributed by atoms with E-state index in [2.05, 4.69) is 0 Å². The molecule has 9 heteroatoms. The SMILES string of the molecule is CCC(CCCOC(=O)c1ccccc1B(O)O)Oc1ccccc1[N+](=O)[O-]. The van der Waals surface area contributed by atoms with E-state index in [0.29, 0.717) is 19.3 Å². The largest absolute Gasteiger partial charge is 0.489 e. The molecule has 28 heavy (non-hydrogen) atoms. The highest BCUT2D eigenvalue weighted by molar-refractivity contribution is 6.60. The smallest absolute Gasteiger partial charge is 0.484 e. The van der Waals surface area contributed by atoms with E-state index >= 15 is 0 Å². The van der Waals surface area contributed by atoms with Gasteiger partial charge in [0, 0.05) is 6.07 Å². The normalized spacial score (nSPS) is 11.5. The van der Waals surface area contributed by atoms with Gasteiger partial charge in [-0.05, 0) is 36.9 Å². The van der Waals surface area contributed by atoms with E-state index in [9.17, 15) is 25.0 Å². The number of nitro benzene ring substituents is 1. The number of nitrogens with zero attached hydrogens (tertiary/aromatic N) is 1. The summed E-state index contributed by atoms with van der Waals surface area (Å²) in [6.45, 7) is 2.02. The first-order valence-corrected chi connectivity index (χ1v) is 8.96. The van der Waals surface area contributed by atoms with Crippen LogP contribution in [0.5, 0.6) is 5.75 Å². The van der Waals surface area contributed by atoms with Gasteiger partial charge in [-0.25, -0.2) is 4.79 Å². The summed E-state index contributed by atoms with van der Waals surface area (Å²) in [5.41, 5.74) is 0.0888. The number of benzene rings is 2. The summed E-state index contributed by atoms with van der Waals surface area (Å²) in [5, 5.41) is 29.7. The zero-order chi connectivity index (χ0) is 20.5. The third-order valence-electron chi connectivity index (χ3n) is 4.17. The highest BCUT2D eigenvalue weighted by atomic mass is 16.6. The molecule has 0 heterocycles. The Balaban J connectivity index is 1.87. The van der Waals surface area contributed by atoms with Crippen LogP contribution in [0.15, 0.2) is 48.5 Å². The number of ether oxygens (including phenoxy) is 2. The van der Waals surface area contributed by atoms with Crippen LogP contribution in [0.4, 0.5) is 5.69 Å². The molecule has 0 amide bonds. The number of nitro groups is 1. The number of esters is 1. The van der Waals surface area contributed by atoms with Crippen molar-refractivity contribution in [3.63, 3.8) is 0 Å². The van der Waals surface area contributed by atoms with Gasteiger partial charge in [-0.3, -0.25) is 10.1 Å². The van der Waals surface area contributed by atoms with Crippen LogP contribution in [-0.2, 0) is 4.74 Å². The van der Waals surface area contributed by atoms with Gasteiger partial charge >= 0.3 is 18.8 Å². The fourth-order valence-electron chi connectivity index (χ4n) is 2.70. The molecule has 0 fully saturated rings. The van der Waals surface area contributed by atoms with Crippen molar-refractivity contribution in [1.29, 1.82) is 0 Å². The molecule has 2 aromatic carbocycles. The molecule has 8 nitrogen and oxygen atoms in total. The molecular formula is C19H22BNO7. The molecule has 2 N–H and O–H groups in total. The Kier molecular flexibility index (Phi) is 7.97. The van der Waals surface area contributed by atoms with E-state index in [1.54, 1.807) is 30.3 Å². The van der Waals surface area contributed by atoms with Crippen LogP contribution in [0.3, 0.4) is 0 Å². The van der Waals surface area contributed by atoms with Gasteiger partial charge in [0.25, 0.3) is 0 Å². The molecule has 148 valence electrons. The monoisotopic (exact) mass is 387 g/mol. The number of para-hydroxylation sites is 2. The summed E-state index contributed by atoms with van der Waals surface area (Å²) < 4.78 is 11.0. The minimum atomic E-state index is -1.76. The van der Waals surface area contributed by atoms with Gasteiger partial charge in [0.1, 0.15) is 0 Å². The molecule has 0 bridgehead atoms. The maximum atomic E-state index is 12.1. The molecule has 1 unspecified atom stereocenters. The fourth-order valence-corrected chi connectivity index (χ4v) is 2.70. The highest BCUT2D eigenvalue weighted by Gasteiger charge is 2.21. The summed E-state index contributed by atoms with van der Waals surface area (Å²) in [7, 11) is -1.76. The van der Waals surface area contributed by atoms with Crippen molar-refractivity contribution in [2.24, 2.45) is 0 Å². The first-order valence-electron chi connectivity index (χ1n) is 8.96. The van der Waals surface area contributed by atoms with E-state index in [1.807, 2.05) is 6.92 Å². The average molecular weight is 387 g/mol. The minimum absolute atomic E-state index is 0.0821. The Hall–Kier alpha value is -2.91. The summed E-state index contributed by atoms with van der Waals surface area (Å²) >= 11 is 0.